The van der Waals surface area contributed by atoms with Gasteiger partial charge in [-0.2, -0.15) is 4.98 Å². The van der Waals surface area contributed by atoms with Gasteiger partial charge in [0.1, 0.15) is 0 Å². The maximum atomic E-state index is 5.22. The van der Waals surface area contributed by atoms with E-state index in [-0.39, 0.29) is 0 Å². The Balaban J connectivity index is 2.00. The summed E-state index contributed by atoms with van der Waals surface area (Å²) in [5, 5.41) is 3.95. The third kappa shape index (κ3) is 2.05. The Hall–Kier alpha value is -1.06. The van der Waals surface area contributed by atoms with Crippen LogP contribution in [0.4, 0.5) is 6.01 Å². The highest BCUT2D eigenvalue weighted by Gasteiger charge is 2.16. The summed E-state index contributed by atoms with van der Waals surface area (Å²) in [6.45, 7) is 4.25. The maximum absolute atomic E-state index is 5.22. The van der Waals surface area contributed by atoms with Gasteiger partial charge in [-0.15, -0.1) is 0 Å². The van der Waals surface area contributed by atoms with Crippen molar-refractivity contribution in [2.24, 2.45) is 0 Å². The minimum absolute atomic E-state index is 0.716. The zero-order valence-corrected chi connectivity index (χ0v) is 8.70. The lowest BCUT2D eigenvalue weighted by atomic mass is 10.1. The predicted molar refractivity (Wildman–Crippen MR) is 54.4 cm³/mol. The fourth-order valence-corrected chi connectivity index (χ4v) is 1.78. The monoisotopic (exact) mass is 195 g/mol. The van der Waals surface area contributed by atoms with Crippen molar-refractivity contribution in [2.75, 3.05) is 18.0 Å². The van der Waals surface area contributed by atoms with Gasteiger partial charge in [0, 0.05) is 19.5 Å². The molecular weight excluding hydrogens is 178 g/mol. The minimum Gasteiger partial charge on any atom is -0.324 e. The molecule has 2 rings (SSSR count). The standard InChI is InChI=1S/C10H17N3O/c1-2-6-9-11-10(14-12-9)13-7-4-3-5-8-13/h2-8H2,1H3. The van der Waals surface area contributed by atoms with E-state index in [9.17, 15) is 0 Å². The second-order valence-corrected chi connectivity index (χ2v) is 3.79. The zero-order chi connectivity index (χ0) is 9.80. The molecule has 0 aromatic carbocycles. The number of hydrogen-bond acceptors (Lipinski definition) is 4. The quantitative estimate of drug-likeness (QED) is 0.740. The second-order valence-electron chi connectivity index (χ2n) is 3.79. The molecule has 4 heteroatoms. The summed E-state index contributed by atoms with van der Waals surface area (Å²) in [4.78, 5) is 6.56. The highest BCUT2D eigenvalue weighted by Crippen LogP contribution is 2.17. The van der Waals surface area contributed by atoms with Gasteiger partial charge in [-0.25, -0.2) is 0 Å². The van der Waals surface area contributed by atoms with Crippen molar-refractivity contribution in [1.29, 1.82) is 0 Å². The fraction of sp³-hybridized carbons (Fsp3) is 0.800. The largest absolute Gasteiger partial charge is 0.324 e. The summed E-state index contributed by atoms with van der Waals surface area (Å²) in [5.74, 6) is 0.841. The number of hydrogen-bond donors (Lipinski definition) is 0. The van der Waals surface area contributed by atoms with Crippen molar-refractivity contribution in [3.8, 4) is 0 Å². The molecule has 0 unspecified atom stereocenters. The van der Waals surface area contributed by atoms with Gasteiger partial charge in [-0.05, 0) is 25.7 Å². The van der Waals surface area contributed by atoms with Gasteiger partial charge >= 0.3 is 6.01 Å². The molecule has 1 saturated heterocycles. The van der Waals surface area contributed by atoms with E-state index in [1.165, 1.54) is 19.3 Å². The first kappa shape index (κ1) is 9.49. The van der Waals surface area contributed by atoms with Crippen LogP contribution in [0.5, 0.6) is 0 Å². The van der Waals surface area contributed by atoms with E-state index in [0.29, 0.717) is 6.01 Å². The fourth-order valence-electron chi connectivity index (χ4n) is 1.78. The smallest absolute Gasteiger partial charge is 0.324 e. The molecule has 1 aliphatic rings. The van der Waals surface area contributed by atoms with Gasteiger partial charge in [-0.1, -0.05) is 12.1 Å². The molecular formula is C10H17N3O. The first-order chi connectivity index (χ1) is 6.90. The lowest BCUT2D eigenvalue weighted by Crippen LogP contribution is -2.29. The summed E-state index contributed by atoms with van der Waals surface area (Å²) in [7, 11) is 0. The number of rotatable bonds is 3. The first-order valence-electron chi connectivity index (χ1n) is 5.47. The molecule has 0 amide bonds. The Labute approximate surface area is 84.3 Å². The van der Waals surface area contributed by atoms with Crippen molar-refractivity contribution in [2.45, 2.75) is 39.0 Å². The van der Waals surface area contributed by atoms with Gasteiger partial charge in [0.05, 0.1) is 0 Å². The van der Waals surface area contributed by atoms with Gasteiger partial charge in [-0.3, -0.25) is 0 Å². The minimum atomic E-state index is 0.716. The number of aryl methyl sites for hydroxylation is 1. The van der Waals surface area contributed by atoms with Crippen LogP contribution in [-0.4, -0.2) is 23.2 Å². The Morgan fingerprint density at radius 2 is 2.07 bits per heavy atom. The number of anilines is 1. The normalized spacial score (nSPS) is 17.4. The average molecular weight is 195 g/mol. The van der Waals surface area contributed by atoms with Crippen molar-refractivity contribution in [1.82, 2.24) is 10.1 Å². The average Bonchev–Trinajstić information content (AvgIpc) is 2.68. The van der Waals surface area contributed by atoms with Crippen LogP contribution in [0.3, 0.4) is 0 Å². The molecule has 1 aromatic heterocycles. The van der Waals surface area contributed by atoms with Crippen LogP contribution in [0.25, 0.3) is 0 Å². The zero-order valence-electron chi connectivity index (χ0n) is 8.70. The van der Waals surface area contributed by atoms with Crippen LogP contribution in [0.15, 0.2) is 4.52 Å². The molecule has 0 N–H and O–H groups in total. The topological polar surface area (TPSA) is 42.2 Å². The summed E-state index contributed by atoms with van der Waals surface area (Å²) >= 11 is 0. The van der Waals surface area contributed by atoms with E-state index in [1.807, 2.05) is 0 Å². The Morgan fingerprint density at radius 3 is 2.79 bits per heavy atom. The van der Waals surface area contributed by atoms with E-state index in [0.717, 1.165) is 31.8 Å². The number of aromatic nitrogens is 2. The van der Waals surface area contributed by atoms with E-state index in [2.05, 4.69) is 22.0 Å². The van der Waals surface area contributed by atoms with Crippen molar-refractivity contribution >= 4 is 6.01 Å². The summed E-state index contributed by atoms with van der Waals surface area (Å²) in [6, 6.07) is 0.716. The van der Waals surface area contributed by atoms with Crippen molar-refractivity contribution in [3.63, 3.8) is 0 Å². The van der Waals surface area contributed by atoms with Crippen LogP contribution in [0.2, 0.25) is 0 Å². The lowest BCUT2D eigenvalue weighted by molar-refractivity contribution is 0.396. The van der Waals surface area contributed by atoms with Crippen LogP contribution in [0.1, 0.15) is 38.4 Å². The molecule has 1 fully saturated rings. The Kier molecular flexibility index (Phi) is 3.01. The molecule has 0 radical (unpaired) electrons. The number of piperidine rings is 1. The molecule has 1 aromatic rings. The van der Waals surface area contributed by atoms with Crippen molar-refractivity contribution in [3.05, 3.63) is 5.82 Å². The van der Waals surface area contributed by atoms with Crippen LogP contribution in [-0.2, 0) is 6.42 Å². The molecule has 0 aliphatic carbocycles. The molecule has 4 nitrogen and oxygen atoms in total. The molecule has 0 bridgehead atoms. The molecule has 0 saturated carbocycles. The van der Waals surface area contributed by atoms with E-state index in [4.69, 9.17) is 4.52 Å². The molecule has 14 heavy (non-hydrogen) atoms. The van der Waals surface area contributed by atoms with Crippen LogP contribution in [0, 0.1) is 0 Å². The molecule has 2 heterocycles. The SMILES string of the molecule is CCCc1noc(N2CCCCC2)n1. The van der Waals surface area contributed by atoms with E-state index >= 15 is 0 Å². The van der Waals surface area contributed by atoms with E-state index in [1.54, 1.807) is 0 Å². The third-order valence-corrected chi connectivity index (χ3v) is 2.56. The highest BCUT2D eigenvalue weighted by atomic mass is 16.5. The van der Waals surface area contributed by atoms with Gasteiger partial charge in [0.25, 0.3) is 0 Å². The summed E-state index contributed by atoms with van der Waals surface area (Å²) in [6.07, 6.45) is 5.79. The molecule has 0 spiro atoms. The lowest BCUT2D eigenvalue weighted by Gasteiger charge is -2.23. The Bertz CT molecular complexity index is 279. The van der Waals surface area contributed by atoms with Gasteiger partial charge < -0.3 is 9.42 Å². The second kappa shape index (κ2) is 4.44. The van der Waals surface area contributed by atoms with Gasteiger partial charge in [0.15, 0.2) is 5.82 Å². The maximum Gasteiger partial charge on any atom is 0.324 e. The third-order valence-electron chi connectivity index (χ3n) is 2.56. The molecule has 0 atom stereocenters. The number of nitrogens with zero attached hydrogens (tertiary/aromatic N) is 3. The summed E-state index contributed by atoms with van der Waals surface area (Å²) in [5.41, 5.74) is 0. The van der Waals surface area contributed by atoms with Crippen LogP contribution < -0.4 is 4.90 Å². The predicted octanol–water partition coefficient (Wildman–Crippen LogP) is 2.01. The summed E-state index contributed by atoms with van der Waals surface area (Å²) < 4.78 is 5.22. The van der Waals surface area contributed by atoms with Gasteiger partial charge in [0.2, 0.25) is 0 Å². The van der Waals surface area contributed by atoms with Crippen LogP contribution >= 0.6 is 0 Å². The molecule has 1 aliphatic heterocycles. The Morgan fingerprint density at radius 1 is 1.29 bits per heavy atom. The molecule has 78 valence electrons. The first-order valence-corrected chi connectivity index (χ1v) is 5.47. The van der Waals surface area contributed by atoms with E-state index < -0.39 is 0 Å². The van der Waals surface area contributed by atoms with Crippen molar-refractivity contribution < 1.29 is 4.52 Å². The highest BCUT2D eigenvalue weighted by molar-refractivity contribution is 5.25.